The minimum Gasteiger partial charge on any atom is -0.466 e. The fourth-order valence-corrected chi connectivity index (χ4v) is 1.66. The molecule has 3 nitrogen and oxygen atoms in total. The van der Waals surface area contributed by atoms with Crippen LogP contribution in [0.2, 0.25) is 0 Å². The Labute approximate surface area is 105 Å². The van der Waals surface area contributed by atoms with Crippen molar-refractivity contribution in [1.82, 2.24) is 0 Å². The minimum absolute atomic E-state index is 0.214. The van der Waals surface area contributed by atoms with Gasteiger partial charge in [0.05, 0.1) is 6.61 Å². The van der Waals surface area contributed by atoms with Gasteiger partial charge in [-0.15, -0.1) is 0 Å². The van der Waals surface area contributed by atoms with Gasteiger partial charge in [-0.1, -0.05) is 22.0 Å². The van der Waals surface area contributed by atoms with Gasteiger partial charge in [-0.25, -0.2) is 0 Å². The standard InChI is InChI=1S/C12H19BrO3/c1-10(14)6-5-8-12(13)7-3-4-9-16-11(2)15/h8H,3-7,9H2,1-2H3/b12-8-. The smallest absolute Gasteiger partial charge is 0.302 e. The van der Waals surface area contributed by atoms with Gasteiger partial charge in [0.25, 0.3) is 0 Å². The summed E-state index contributed by atoms with van der Waals surface area (Å²) in [7, 11) is 0. The van der Waals surface area contributed by atoms with E-state index < -0.39 is 0 Å². The number of ketones is 1. The molecule has 16 heavy (non-hydrogen) atoms. The lowest BCUT2D eigenvalue weighted by Gasteiger charge is -2.01. The largest absolute Gasteiger partial charge is 0.466 e. The number of allylic oxidation sites excluding steroid dienone is 2. The van der Waals surface area contributed by atoms with Crippen molar-refractivity contribution in [1.29, 1.82) is 0 Å². The van der Waals surface area contributed by atoms with E-state index in [2.05, 4.69) is 15.9 Å². The zero-order chi connectivity index (χ0) is 12.4. The molecular formula is C12H19BrO3. The Morgan fingerprint density at radius 2 is 1.88 bits per heavy atom. The van der Waals surface area contributed by atoms with Gasteiger partial charge in [-0.05, 0) is 37.1 Å². The van der Waals surface area contributed by atoms with Crippen molar-refractivity contribution >= 4 is 27.7 Å². The van der Waals surface area contributed by atoms with Gasteiger partial charge in [-0.3, -0.25) is 4.79 Å². The molecule has 92 valence electrons. The van der Waals surface area contributed by atoms with Gasteiger partial charge in [0.2, 0.25) is 0 Å². The summed E-state index contributed by atoms with van der Waals surface area (Å²) in [6.45, 7) is 3.50. The average Bonchev–Trinajstić information content (AvgIpc) is 2.16. The maximum atomic E-state index is 10.7. The molecule has 4 heteroatoms. The molecule has 0 spiro atoms. The molecule has 0 amide bonds. The van der Waals surface area contributed by atoms with Crippen molar-refractivity contribution in [2.45, 2.75) is 46.0 Å². The van der Waals surface area contributed by atoms with Crippen LogP contribution in [0.1, 0.15) is 46.0 Å². The number of carbonyl (C=O) groups excluding carboxylic acids is 2. The van der Waals surface area contributed by atoms with Crippen LogP contribution in [-0.2, 0) is 14.3 Å². The van der Waals surface area contributed by atoms with Gasteiger partial charge >= 0.3 is 5.97 Å². The lowest BCUT2D eigenvalue weighted by atomic mass is 10.2. The van der Waals surface area contributed by atoms with E-state index in [0.717, 1.165) is 30.2 Å². The first-order valence-electron chi connectivity index (χ1n) is 5.49. The number of hydrogen-bond acceptors (Lipinski definition) is 3. The molecule has 0 saturated heterocycles. The molecule has 0 aliphatic heterocycles. The monoisotopic (exact) mass is 290 g/mol. The van der Waals surface area contributed by atoms with E-state index in [9.17, 15) is 9.59 Å². The van der Waals surface area contributed by atoms with Crippen molar-refractivity contribution in [2.75, 3.05) is 6.61 Å². The molecule has 0 fully saturated rings. The molecule has 0 unspecified atom stereocenters. The van der Waals surface area contributed by atoms with E-state index in [4.69, 9.17) is 4.74 Å². The van der Waals surface area contributed by atoms with Crippen LogP contribution in [0.3, 0.4) is 0 Å². The molecule has 0 bridgehead atoms. The van der Waals surface area contributed by atoms with Crippen LogP contribution >= 0.6 is 15.9 Å². The van der Waals surface area contributed by atoms with Crippen molar-refractivity contribution in [3.8, 4) is 0 Å². The summed E-state index contributed by atoms with van der Waals surface area (Å²) in [6, 6.07) is 0. The molecule has 0 aromatic heterocycles. The Morgan fingerprint density at radius 1 is 1.19 bits per heavy atom. The van der Waals surface area contributed by atoms with Crippen molar-refractivity contribution < 1.29 is 14.3 Å². The zero-order valence-corrected chi connectivity index (χ0v) is 11.5. The summed E-state index contributed by atoms with van der Waals surface area (Å²) in [5.41, 5.74) is 0. The molecule has 0 heterocycles. The topological polar surface area (TPSA) is 43.4 Å². The molecule has 0 radical (unpaired) electrons. The number of halogens is 1. The van der Waals surface area contributed by atoms with Gasteiger partial charge < -0.3 is 9.53 Å². The summed E-state index contributed by atoms with van der Waals surface area (Å²) < 4.78 is 5.94. The summed E-state index contributed by atoms with van der Waals surface area (Å²) in [4.78, 5) is 21.2. The number of carbonyl (C=O) groups is 2. The fourth-order valence-electron chi connectivity index (χ4n) is 1.15. The molecule has 0 aromatic carbocycles. The van der Waals surface area contributed by atoms with Crippen LogP contribution < -0.4 is 0 Å². The minimum atomic E-state index is -0.226. The second kappa shape index (κ2) is 9.58. The van der Waals surface area contributed by atoms with Crippen LogP contribution in [-0.4, -0.2) is 18.4 Å². The molecule has 0 aliphatic rings. The lowest BCUT2D eigenvalue weighted by molar-refractivity contribution is -0.141. The molecule has 0 aromatic rings. The Bertz CT molecular complexity index is 259. The zero-order valence-electron chi connectivity index (χ0n) is 9.92. The number of Topliss-reactive ketones (excluding diaryl/α,β-unsaturated/α-hetero) is 1. The van der Waals surface area contributed by atoms with E-state index in [1.807, 2.05) is 6.08 Å². The van der Waals surface area contributed by atoms with Crippen LogP contribution in [0.4, 0.5) is 0 Å². The van der Waals surface area contributed by atoms with E-state index in [1.54, 1.807) is 6.92 Å². The molecule has 0 aliphatic carbocycles. The normalized spacial score (nSPS) is 11.3. The molecular weight excluding hydrogens is 272 g/mol. The molecule has 0 atom stereocenters. The lowest BCUT2D eigenvalue weighted by Crippen LogP contribution is -2.00. The SMILES string of the molecule is CC(=O)CC/C=C(\Br)CCCCOC(C)=O. The Balaban J connectivity index is 3.45. The number of unbranched alkanes of at least 4 members (excludes halogenated alkanes) is 1. The summed E-state index contributed by atoms with van der Waals surface area (Å²) in [6.07, 6.45) is 6.20. The first kappa shape index (κ1) is 15.4. The summed E-state index contributed by atoms with van der Waals surface area (Å²) in [5.74, 6) is -0.0116. The van der Waals surface area contributed by atoms with E-state index >= 15 is 0 Å². The number of hydrogen-bond donors (Lipinski definition) is 0. The second-order valence-corrected chi connectivity index (χ2v) is 4.71. The van der Waals surface area contributed by atoms with Crippen LogP contribution in [0.15, 0.2) is 10.6 Å². The van der Waals surface area contributed by atoms with Gasteiger partial charge in [-0.2, -0.15) is 0 Å². The fraction of sp³-hybridized carbons (Fsp3) is 0.667. The van der Waals surface area contributed by atoms with Gasteiger partial charge in [0, 0.05) is 13.3 Å². The maximum Gasteiger partial charge on any atom is 0.302 e. The number of ether oxygens (including phenoxy) is 1. The number of esters is 1. The van der Waals surface area contributed by atoms with Crippen LogP contribution in [0, 0.1) is 0 Å². The van der Waals surface area contributed by atoms with Crippen molar-refractivity contribution in [3.63, 3.8) is 0 Å². The summed E-state index contributed by atoms with van der Waals surface area (Å²) >= 11 is 3.45. The number of rotatable bonds is 8. The Morgan fingerprint density at radius 3 is 2.44 bits per heavy atom. The third-order valence-corrected chi connectivity index (χ3v) is 2.70. The molecule has 0 N–H and O–H groups in total. The summed E-state index contributed by atoms with van der Waals surface area (Å²) in [5, 5.41) is 0. The highest BCUT2D eigenvalue weighted by atomic mass is 79.9. The average molecular weight is 291 g/mol. The highest BCUT2D eigenvalue weighted by Gasteiger charge is 1.96. The van der Waals surface area contributed by atoms with Crippen LogP contribution in [0.25, 0.3) is 0 Å². The Hall–Kier alpha value is -0.640. The van der Waals surface area contributed by atoms with E-state index in [0.29, 0.717) is 13.0 Å². The van der Waals surface area contributed by atoms with Gasteiger partial charge in [0.15, 0.2) is 0 Å². The Kier molecular flexibility index (Phi) is 9.19. The predicted molar refractivity (Wildman–Crippen MR) is 67.4 cm³/mol. The molecule has 0 saturated carbocycles. The van der Waals surface area contributed by atoms with E-state index in [-0.39, 0.29) is 11.8 Å². The predicted octanol–water partition coefficient (Wildman–Crippen LogP) is 3.37. The van der Waals surface area contributed by atoms with Gasteiger partial charge in [0.1, 0.15) is 5.78 Å². The highest BCUT2D eigenvalue weighted by molar-refractivity contribution is 9.11. The quantitative estimate of drug-likeness (QED) is 0.508. The highest BCUT2D eigenvalue weighted by Crippen LogP contribution is 2.15. The third-order valence-electron chi connectivity index (χ3n) is 1.98. The van der Waals surface area contributed by atoms with Crippen molar-refractivity contribution in [3.05, 3.63) is 10.6 Å². The maximum absolute atomic E-state index is 10.7. The first-order valence-corrected chi connectivity index (χ1v) is 6.29. The molecule has 0 rings (SSSR count). The van der Waals surface area contributed by atoms with E-state index in [1.165, 1.54) is 6.92 Å². The third kappa shape index (κ3) is 11.4. The first-order chi connectivity index (χ1) is 7.52. The van der Waals surface area contributed by atoms with Crippen molar-refractivity contribution in [2.24, 2.45) is 0 Å². The second-order valence-electron chi connectivity index (χ2n) is 3.69. The van der Waals surface area contributed by atoms with Crippen LogP contribution in [0.5, 0.6) is 0 Å².